The molecule has 1 aromatic carbocycles. The molecule has 1 aliphatic rings. The topological polar surface area (TPSA) is 70.7 Å². The van der Waals surface area contributed by atoms with Crippen LogP contribution >= 0.6 is 0 Å². The minimum absolute atomic E-state index is 0.0894. The third-order valence-electron chi connectivity index (χ3n) is 3.45. The lowest BCUT2D eigenvalue weighted by Gasteiger charge is -2.27. The van der Waals surface area contributed by atoms with Gasteiger partial charge in [0.05, 0.1) is 7.11 Å². The van der Waals surface area contributed by atoms with E-state index in [1.165, 1.54) is 0 Å². The van der Waals surface area contributed by atoms with Crippen molar-refractivity contribution in [3.63, 3.8) is 0 Å². The van der Waals surface area contributed by atoms with Crippen molar-refractivity contribution < 1.29 is 14.3 Å². The fourth-order valence-corrected chi connectivity index (χ4v) is 2.20. The van der Waals surface area contributed by atoms with Gasteiger partial charge in [-0.2, -0.15) is 0 Å². The van der Waals surface area contributed by atoms with Crippen molar-refractivity contribution in [1.29, 1.82) is 0 Å². The Morgan fingerprint density at radius 1 is 1.24 bits per heavy atom. The van der Waals surface area contributed by atoms with Gasteiger partial charge in [0.25, 0.3) is 5.91 Å². The van der Waals surface area contributed by atoms with Crippen LogP contribution < -0.4 is 15.4 Å². The van der Waals surface area contributed by atoms with E-state index in [0.29, 0.717) is 24.3 Å². The summed E-state index contributed by atoms with van der Waals surface area (Å²) < 4.78 is 5.04. The second kappa shape index (κ2) is 7.64. The van der Waals surface area contributed by atoms with Gasteiger partial charge in [0.15, 0.2) is 0 Å². The molecular weight excluding hydrogens is 270 g/mol. The molecule has 0 unspecified atom stereocenters. The zero-order valence-electron chi connectivity index (χ0n) is 12.2. The van der Waals surface area contributed by atoms with Gasteiger partial charge in [0.2, 0.25) is 5.91 Å². The van der Waals surface area contributed by atoms with Gasteiger partial charge in [0, 0.05) is 44.7 Å². The first kappa shape index (κ1) is 15.3. The van der Waals surface area contributed by atoms with E-state index in [0.717, 1.165) is 26.2 Å². The number of methoxy groups -OCH3 is 1. The van der Waals surface area contributed by atoms with Crippen molar-refractivity contribution in [1.82, 2.24) is 15.5 Å². The Bertz CT molecular complexity index is 481. The predicted molar refractivity (Wildman–Crippen MR) is 79.4 cm³/mol. The number of ether oxygens (including phenoxy) is 1. The number of carbonyl (C=O) groups excluding carboxylic acids is 2. The van der Waals surface area contributed by atoms with Crippen molar-refractivity contribution in [2.75, 3.05) is 39.8 Å². The van der Waals surface area contributed by atoms with E-state index in [-0.39, 0.29) is 11.8 Å². The summed E-state index contributed by atoms with van der Waals surface area (Å²) >= 11 is 0. The lowest BCUT2D eigenvalue weighted by molar-refractivity contribution is -0.131. The van der Waals surface area contributed by atoms with Crippen molar-refractivity contribution in [2.45, 2.75) is 6.42 Å². The molecule has 0 aliphatic carbocycles. The highest BCUT2D eigenvalue weighted by atomic mass is 16.5. The van der Waals surface area contributed by atoms with E-state index in [2.05, 4.69) is 10.6 Å². The molecular formula is C15H21N3O3. The smallest absolute Gasteiger partial charge is 0.251 e. The van der Waals surface area contributed by atoms with Crippen LogP contribution in [0.4, 0.5) is 0 Å². The number of nitrogens with one attached hydrogen (secondary N) is 2. The number of carbonyl (C=O) groups is 2. The molecule has 1 aromatic rings. The quantitative estimate of drug-likeness (QED) is 0.816. The fraction of sp³-hybridized carbons (Fsp3) is 0.467. The number of amides is 2. The molecule has 6 nitrogen and oxygen atoms in total. The van der Waals surface area contributed by atoms with Gasteiger partial charge in [-0.05, 0) is 24.3 Å². The summed E-state index contributed by atoms with van der Waals surface area (Å²) in [6, 6.07) is 6.88. The molecule has 2 amide bonds. The molecule has 21 heavy (non-hydrogen) atoms. The van der Waals surface area contributed by atoms with E-state index in [4.69, 9.17) is 4.74 Å². The maximum absolute atomic E-state index is 11.9. The van der Waals surface area contributed by atoms with Crippen LogP contribution in [0.3, 0.4) is 0 Å². The zero-order chi connectivity index (χ0) is 15.1. The van der Waals surface area contributed by atoms with E-state index in [1.807, 2.05) is 4.90 Å². The second-order valence-corrected chi connectivity index (χ2v) is 4.87. The number of rotatable bonds is 5. The first-order chi connectivity index (χ1) is 10.2. The number of piperazine rings is 1. The normalized spacial score (nSPS) is 14.6. The number of nitrogens with zero attached hydrogens (tertiary/aromatic N) is 1. The Balaban J connectivity index is 1.74. The highest BCUT2D eigenvalue weighted by Gasteiger charge is 2.15. The molecule has 0 bridgehead atoms. The predicted octanol–water partition coefficient (Wildman–Crippen LogP) is 0.247. The van der Waals surface area contributed by atoms with E-state index in [1.54, 1.807) is 31.4 Å². The SMILES string of the molecule is COc1ccc(C(=O)NCCC(=O)N2CCNCC2)cc1. The van der Waals surface area contributed by atoms with E-state index < -0.39 is 0 Å². The first-order valence-electron chi connectivity index (χ1n) is 7.11. The fourth-order valence-electron chi connectivity index (χ4n) is 2.20. The van der Waals surface area contributed by atoms with Crippen LogP contribution in [0.1, 0.15) is 16.8 Å². The third kappa shape index (κ3) is 4.46. The largest absolute Gasteiger partial charge is 0.497 e. The summed E-state index contributed by atoms with van der Waals surface area (Å²) in [5.41, 5.74) is 0.561. The summed E-state index contributed by atoms with van der Waals surface area (Å²) in [5, 5.41) is 5.96. The monoisotopic (exact) mass is 291 g/mol. The van der Waals surface area contributed by atoms with Crippen molar-refractivity contribution in [3.8, 4) is 5.75 Å². The second-order valence-electron chi connectivity index (χ2n) is 4.87. The summed E-state index contributed by atoms with van der Waals surface area (Å²) in [7, 11) is 1.58. The number of hydrogen-bond donors (Lipinski definition) is 2. The van der Waals surface area contributed by atoms with Crippen LogP contribution in [0.15, 0.2) is 24.3 Å². The molecule has 1 saturated heterocycles. The van der Waals surface area contributed by atoms with Crippen LogP contribution in [0, 0.1) is 0 Å². The number of hydrogen-bond acceptors (Lipinski definition) is 4. The van der Waals surface area contributed by atoms with Crippen molar-refractivity contribution >= 4 is 11.8 Å². The highest BCUT2D eigenvalue weighted by molar-refractivity contribution is 5.94. The Labute approximate surface area is 124 Å². The van der Waals surface area contributed by atoms with Gasteiger partial charge >= 0.3 is 0 Å². The van der Waals surface area contributed by atoms with Gasteiger partial charge in [-0.1, -0.05) is 0 Å². The molecule has 0 aromatic heterocycles. The molecule has 0 radical (unpaired) electrons. The van der Waals surface area contributed by atoms with Gasteiger partial charge in [0.1, 0.15) is 5.75 Å². The Morgan fingerprint density at radius 3 is 2.52 bits per heavy atom. The Morgan fingerprint density at radius 2 is 1.90 bits per heavy atom. The van der Waals surface area contributed by atoms with E-state index in [9.17, 15) is 9.59 Å². The maximum Gasteiger partial charge on any atom is 0.251 e. The zero-order valence-corrected chi connectivity index (χ0v) is 12.2. The molecule has 0 saturated carbocycles. The molecule has 2 rings (SSSR count). The van der Waals surface area contributed by atoms with Crippen LogP contribution in [0.5, 0.6) is 5.75 Å². The molecule has 1 fully saturated rings. The molecule has 6 heteroatoms. The standard InChI is InChI=1S/C15H21N3O3/c1-21-13-4-2-12(3-5-13)15(20)17-7-6-14(19)18-10-8-16-9-11-18/h2-5,16H,6-11H2,1H3,(H,17,20). The summed E-state index contributed by atoms with van der Waals surface area (Å²) in [5.74, 6) is 0.623. The molecule has 0 atom stereocenters. The summed E-state index contributed by atoms with van der Waals surface area (Å²) in [4.78, 5) is 25.7. The lowest BCUT2D eigenvalue weighted by Crippen LogP contribution is -2.47. The molecule has 1 heterocycles. The van der Waals surface area contributed by atoms with Gasteiger partial charge in [-0.15, -0.1) is 0 Å². The minimum atomic E-state index is -0.175. The van der Waals surface area contributed by atoms with Gasteiger partial charge in [-0.3, -0.25) is 9.59 Å². The van der Waals surface area contributed by atoms with Crippen molar-refractivity contribution in [3.05, 3.63) is 29.8 Å². The molecule has 2 N–H and O–H groups in total. The average Bonchev–Trinajstić information content (AvgIpc) is 2.55. The average molecular weight is 291 g/mol. The molecule has 1 aliphatic heterocycles. The van der Waals surface area contributed by atoms with Crippen LogP contribution in [0.2, 0.25) is 0 Å². The van der Waals surface area contributed by atoms with Gasteiger partial charge in [-0.25, -0.2) is 0 Å². The summed E-state index contributed by atoms with van der Waals surface area (Å²) in [6.07, 6.45) is 0.335. The van der Waals surface area contributed by atoms with Crippen LogP contribution in [-0.4, -0.2) is 56.5 Å². The third-order valence-corrected chi connectivity index (χ3v) is 3.45. The van der Waals surface area contributed by atoms with Crippen molar-refractivity contribution in [2.24, 2.45) is 0 Å². The summed E-state index contributed by atoms with van der Waals surface area (Å²) in [6.45, 7) is 3.51. The maximum atomic E-state index is 11.9. The Kier molecular flexibility index (Phi) is 5.57. The number of benzene rings is 1. The van der Waals surface area contributed by atoms with Gasteiger partial charge < -0.3 is 20.3 Å². The molecule has 0 spiro atoms. The van der Waals surface area contributed by atoms with E-state index >= 15 is 0 Å². The Hall–Kier alpha value is -2.08. The van der Waals surface area contributed by atoms with Crippen LogP contribution in [-0.2, 0) is 4.79 Å². The first-order valence-corrected chi connectivity index (χ1v) is 7.11. The lowest BCUT2D eigenvalue weighted by atomic mass is 10.2. The minimum Gasteiger partial charge on any atom is -0.497 e. The highest BCUT2D eigenvalue weighted by Crippen LogP contribution is 2.11. The van der Waals surface area contributed by atoms with Crippen LogP contribution in [0.25, 0.3) is 0 Å². The molecule has 114 valence electrons.